The molecule has 0 aromatic heterocycles. The van der Waals surface area contributed by atoms with Crippen molar-refractivity contribution >= 4 is 5.96 Å². The molecule has 9 heavy (non-hydrogen) atoms. The Labute approximate surface area is 52.6 Å². The summed E-state index contributed by atoms with van der Waals surface area (Å²) in [4.78, 5) is 5.99. The molecule has 4 nitrogen and oxygen atoms in total. The molecular weight excluding hydrogens is 116 g/mol. The van der Waals surface area contributed by atoms with Crippen LogP contribution in [0.4, 0.5) is 0 Å². The van der Waals surface area contributed by atoms with E-state index in [0.29, 0.717) is 6.67 Å². The second kappa shape index (κ2) is 1.65. The van der Waals surface area contributed by atoms with Crippen molar-refractivity contribution in [2.75, 3.05) is 13.2 Å². The number of azo groups is 1. The molecule has 0 amide bonds. The van der Waals surface area contributed by atoms with Crippen LogP contribution in [0.5, 0.6) is 0 Å². The summed E-state index contributed by atoms with van der Waals surface area (Å²) in [6.07, 6.45) is 3.95. The molecule has 0 radical (unpaired) electrons. The Morgan fingerprint density at radius 2 is 2.56 bits per heavy atom. The number of guanidine groups is 1. The zero-order chi connectivity index (χ0) is 6.10. The third-order valence-corrected chi connectivity index (χ3v) is 1.26. The summed E-state index contributed by atoms with van der Waals surface area (Å²) in [6.45, 7) is 1.38. The lowest BCUT2D eigenvalue weighted by molar-refractivity contribution is 0.591. The van der Waals surface area contributed by atoms with E-state index in [2.05, 4.69) is 15.2 Å². The normalized spacial score (nSPS) is 22.2. The minimum absolute atomic E-state index is 0.634. The summed E-state index contributed by atoms with van der Waals surface area (Å²) < 4.78 is 0. The van der Waals surface area contributed by atoms with Crippen LogP contribution in [-0.4, -0.2) is 24.1 Å². The van der Waals surface area contributed by atoms with Crippen LogP contribution < -0.4 is 0 Å². The van der Waals surface area contributed by atoms with Gasteiger partial charge in [0, 0.05) is 6.20 Å². The Bertz CT molecular complexity index is 203. The lowest BCUT2D eigenvalue weighted by Crippen LogP contribution is -2.21. The van der Waals surface area contributed by atoms with Crippen LogP contribution in [0.3, 0.4) is 0 Å². The number of aliphatic imine (C=N–C) groups is 1. The van der Waals surface area contributed by atoms with Crippen molar-refractivity contribution in [3.63, 3.8) is 0 Å². The number of hydrogen-bond acceptors (Lipinski definition) is 4. The third-order valence-electron chi connectivity index (χ3n) is 1.26. The summed E-state index contributed by atoms with van der Waals surface area (Å²) in [6, 6.07) is 0. The zero-order valence-corrected chi connectivity index (χ0v) is 4.86. The van der Waals surface area contributed by atoms with Crippen molar-refractivity contribution in [1.82, 2.24) is 4.90 Å². The monoisotopic (exact) mass is 122 g/mol. The fourth-order valence-corrected chi connectivity index (χ4v) is 0.829. The fraction of sp³-hybridized carbons (Fsp3) is 0.400. The first kappa shape index (κ1) is 4.67. The first-order valence-electron chi connectivity index (χ1n) is 2.82. The van der Waals surface area contributed by atoms with Gasteiger partial charge >= 0.3 is 0 Å². The highest BCUT2D eigenvalue weighted by Gasteiger charge is 2.14. The van der Waals surface area contributed by atoms with Gasteiger partial charge in [-0.3, -0.25) is 4.90 Å². The third kappa shape index (κ3) is 0.630. The molecule has 0 aromatic rings. The lowest BCUT2D eigenvalue weighted by Gasteiger charge is -2.11. The van der Waals surface area contributed by atoms with Gasteiger partial charge in [-0.1, -0.05) is 0 Å². The molecule has 0 saturated carbocycles. The van der Waals surface area contributed by atoms with E-state index in [9.17, 15) is 0 Å². The molecule has 46 valence electrons. The maximum Gasteiger partial charge on any atom is 0.246 e. The van der Waals surface area contributed by atoms with E-state index in [1.807, 2.05) is 17.2 Å². The van der Waals surface area contributed by atoms with Crippen LogP contribution in [0.15, 0.2) is 27.5 Å². The van der Waals surface area contributed by atoms with Crippen LogP contribution in [0.25, 0.3) is 0 Å². The molecule has 2 heterocycles. The molecule has 0 spiro atoms. The van der Waals surface area contributed by atoms with Crippen LogP contribution >= 0.6 is 0 Å². The van der Waals surface area contributed by atoms with Gasteiger partial charge in [-0.2, -0.15) is 5.11 Å². The largest absolute Gasteiger partial charge is 0.294 e. The van der Waals surface area contributed by atoms with Crippen molar-refractivity contribution in [3.8, 4) is 0 Å². The Morgan fingerprint density at radius 1 is 1.56 bits per heavy atom. The molecule has 0 N–H and O–H groups in total. The van der Waals surface area contributed by atoms with E-state index in [-0.39, 0.29) is 0 Å². The molecule has 2 rings (SSSR count). The van der Waals surface area contributed by atoms with E-state index in [1.54, 1.807) is 0 Å². The van der Waals surface area contributed by atoms with Gasteiger partial charge < -0.3 is 0 Å². The second-order valence-corrected chi connectivity index (χ2v) is 1.88. The van der Waals surface area contributed by atoms with Crippen molar-refractivity contribution < 1.29 is 0 Å². The van der Waals surface area contributed by atoms with Gasteiger partial charge in [0.1, 0.15) is 6.67 Å². The van der Waals surface area contributed by atoms with Crippen LogP contribution in [-0.2, 0) is 0 Å². The predicted octanol–water partition coefficient (Wildman–Crippen LogP) is 0.595. The maximum absolute atomic E-state index is 4.09. The molecule has 4 heteroatoms. The standard InChI is InChI=1S/C5H6N4/c1-2-6-5-8-7-4-9(5)3-1/h1,3H,2,4H2. The van der Waals surface area contributed by atoms with Crippen LogP contribution in [0.2, 0.25) is 0 Å². The van der Waals surface area contributed by atoms with Gasteiger partial charge in [-0.15, -0.1) is 5.11 Å². The number of hydrogen-bond donors (Lipinski definition) is 0. The van der Waals surface area contributed by atoms with E-state index in [0.717, 1.165) is 12.5 Å². The summed E-state index contributed by atoms with van der Waals surface area (Å²) in [5, 5.41) is 7.60. The predicted molar refractivity (Wildman–Crippen MR) is 33.0 cm³/mol. The molecule has 0 aliphatic carbocycles. The Balaban J connectivity index is 2.29. The van der Waals surface area contributed by atoms with Crippen molar-refractivity contribution in [2.24, 2.45) is 15.2 Å². The smallest absolute Gasteiger partial charge is 0.246 e. The number of fused-ring (bicyclic) bond motifs is 1. The molecular formula is C5H6N4. The summed E-state index contributed by atoms with van der Waals surface area (Å²) in [5.74, 6) is 0.748. The molecule has 0 aromatic carbocycles. The van der Waals surface area contributed by atoms with E-state index in [1.165, 1.54) is 0 Å². The molecule has 0 fully saturated rings. The van der Waals surface area contributed by atoms with Gasteiger partial charge in [-0.25, -0.2) is 4.99 Å². The molecule has 0 atom stereocenters. The number of rotatable bonds is 0. The highest BCUT2D eigenvalue weighted by Crippen LogP contribution is 2.07. The Kier molecular flexibility index (Phi) is 0.855. The van der Waals surface area contributed by atoms with Crippen molar-refractivity contribution in [2.45, 2.75) is 0 Å². The molecule has 2 aliphatic rings. The summed E-state index contributed by atoms with van der Waals surface area (Å²) >= 11 is 0. The SMILES string of the molecule is C1=CN2CN=NC2=NC1. The average molecular weight is 122 g/mol. The zero-order valence-electron chi connectivity index (χ0n) is 4.86. The Morgan fingerprint density at radius 3 is 3.44 bits per heavy atom. The average Bonchev–Trinajstić information content (AvgIpc) is 2.33. The fourth-order valence-electron chi connectivity index (χ4n) is 0.829. The van der Waals surface area contributed by atoms with Gasteiger partial charge in [0.25, 0.3) is 0 Å². The first-order valence-corrected chi connectivity index (χ1v) is 2.82. The maximum atomic E-state index is 4.09. The van der Waals surface area contributed by atoms with Gasteiger partial charge in [-0.05, 0) is 6.08 Å². The molecule has 2 aliphatic heterocycles. The quantitative estimate of drug-likeness (QED) is 0.463. The van der Waals surface area contributed by atoms with E-state index < -0.39 is 0 Å². The van der Waals surface area contributed by atoms with Gasteiger partial charge in [0.2, 0.25) is 5.96 Å². The van der Waals surface area contributed by atoms with Crippen LogP contribution in [0.1, 0.15) is 0 Å². The van der Waals surface area contributed by atoms with Crippen molar-refractivity contribution in [3.05, 3.63) is 12.3 Å². The summed E-state index contributed by atoms with van der Waals surface area (Å²) in [5.41, 5.74) is 0. The van der Waals surface area contributed by atoms with E-state index in [4.69, 9.17) is 0 Å². The highest BCUT2D eigenvalue weighted by atomic mass is 15.4. The first-order chi connectivity index (χ1) is 4.47. The second-order valence-electron chi connectivity index (χ2n) is 1.88. The highest BCUT2D eigenvalue weighted by molar-refractivity contribution is 5.83. The lowest BCUT2D eigenvalue weighted by atomic mass is 10.5. The topological polar surface area (TPSA) is 40.3 Å². The van der Waals surface area contributed by atoms with E-state index >= 15 is 0 Å². The number of nitrogens with zero attached hydrogens (tertiary/aromatic N) is 4. The van der Waals surface area contributed by atoms with Crippen LogP contribution in [0, 0.1) is 0 Å². The van der Waals surface area contributed by atoms with Crippen molar-refractivity contribution in [1.29, 1.82) is 0 Å². The molecule has 0 saturated heterocycles. The summed E-state index contributed by atoms with van der Waals surface area (Å²) in [7, 11) is 0. The van der Waals surface area contributed by atoms with Gasteiger partial charge in [0.05, 0.1) is 6.54 Å². The van der Waals surface area contributed by atoms with Gasteiger partial charge in [0.15, 0.2) is 0 Å². The molecule has 0 unspecified atom stereocenters. The minimum atomic E-state index is 0.634. The Hall–Kier alpha value is -1.19. The molecule has 0 bridgehead atoms. The minimum Gasteiger partial charge on any atom is -0.294 e.